The highest BCUT2D eigenvalue weighted by Gasteiger charge is 2.36. The lowest BCUT2D eigenvalue weighted by atomic mass is 9.98. The number of rotatable bonds is 5. The molecule has 2 fully saturated rings. The Kier molecular flexibility index (Phi) is 5.50. The molecule has 32 heavy (non-hydrogen) atoms. The molecule has 166 valence electrons. The molecule has 2 aliphatic heterocycles. The number of morpholine rings is 1. The third-order valence-corrected chi connectivity index (χ3v) is 7.61. The molecule has 0 atom stereocenters. The van der Waals surface area contributed by atoms with E-state index >= 15 is 0 Å². The van der Waals surface area contributed by atoms with Crippen molar-refractivity contribution in [2.45, 2.75) is 10.8 Å². The number of sulfonamides is 1. The fourth-order valence-electron chi connectivity index (χ4n) is 3.79. The van der Waals surface area contributed by atoms with Gasteiger partial charge in [-0.1, -0.05) is 35.5 Å². The number of hydrogen-bond donors (Lipinski definition) is 0. The van der Waals surface area contributed by atoms with E-state index in [4.69, 9.17) is 9.26 Å². The first-order chi connectivity index (χ1) is 15.5. The molecule has 1 aromatic heterocycles. The molecule has 2 saturated heterocycles. The molecule has 10 heteroatoms. The highest BCUT2D eigenvalue weighted by atomic mass is 32.2. The van der Waals surface area contributed by atoms with Crippen LogP contribution in [-0.4, -0.2) is 73.1 Å². The lowest BCUT2D eigenvalue weighted by Crippen LogP contribution is -2.48. The van der Waals surface area contributed by atoms with Crippen LogP contribution in [0.1, 0.15) is 22.2 Å². The van der Waals surface area contributed by atoms with E-state index in [-0.39, 0.29) is 16.7 Å². The normalized spacial score (nSPS) is 17.8. The molecule has 0 spiro atoms. The van der Waals surface area contributed by atoms with Gasteiger partial charge >= 0.3 is 0 Å². The van der Waals surface area contributed by atoms with Crippen LogP contribution in [0.2, 0.25) is 0 Å². The summed E-state index contributed by atoms with van der Waals surface area (Å²) in [5.74, 6) is 0.881. The molecule has 3 aromatic rings. The summed E-state index contributed by atoms with van der Waals surface area (Å²) in [6.07, 6.45) is 0. The van der Waals surface area contributed by atoms with Crippen LogP contribution < -0.4 is 0 Å². The molecule has 2 aromatic carbocycles. The van der Waals surface area contributed by atoms with E-state index in [1.807, 2.05) is 30.3 Å². The van der Waals surface area contributed by atoms with Crippen LogP contribution in [0.25, 0.3) is 11.4 Å². The Balaban J connectivity index is 1.21. The van der Waals surface area contributed by atoms with Crippen molar-refractivity contribution in [3.8, 4) is 11.4 Å². The van der Waals surface area contributed by atoms with Gasteiger partial charge in [-0.15, -0.1) is 0 Å². The number of likely N-dealkylation sites (tertiary alicyclic amines) is 1. The maximum atomic E-state index is 12.8. The predicted molar refractivity (Wildman–Crippen MR) is 114 cm³/mol. The van der Waals surface area contributed by atoms with Crippen LogP contribution >= 0.6 is 0 Å². The zero-order valence-electron chi connectivity index (χ0n) is 17.3. The van der Waals surface area contributed by atoms with Crippen LogP contribution in [0, 0.1) is 0 Å². The van der Waals surface area contributed by atoms with E-state index in [0.29, 0.717) is 56.7 Å². The van der Waals surface area contributed by atoms with Gasteiger partial charge in [0.15, 0.2) is 0 Å². The van der Waals surface area contributed by atoms with Crippen molar-refractivity contribution in [2.24, 2.45) is 0 Å². The van der Waals surface area contributed by atoms with Crippen molar-refractivity contribution < 1.29 is 22.5 Å². The van der Waals surface area contributed by atoms with E-state index in [0.717, 1.165) is 5.56 Å². The van der Waals surface area contributed by atoms with Gasteiger partial charge in [0, 0.05) is 37.3 Å². The van der Waals surface area contributed by atoms with E-state index in [2.05, 4.69) is 10.1 Å². The molecular formula is C22H22N4O5S. The highest BCUT2D eigenvalue weighted by Crippen LogP contribution is 2.29. The average Bonchev–Trinajstić information content (AvgIpc) is 3.29. The molecule has 0 bridgehead atoms. The van der Waals surface area contributed by atoms with Crippen molar-refractivity contribution in [3.63, 3.8) is 0 Å². The van der Waals surface area contributed by atoms with Gasteiger partial charge in [0.05, 0.1) is 24.0 Å². The number of carbonyl (C=O) groups excluding carboxylic acids is 1. The van der Waals surface area contributed by atoms with Gasteiger partial charge in [0.25, 0.3) is 5.91 Å². The zero-order valence-corrected chi connectivity index (χ0v) is 18.1. The Morgan fingerprint density at radius 3 is 2.34 bits per heavy atom. The first-order valence-corrected chi connectivity index (χ1v) is 11.8. The summed E-state index contributed by atoms with van der Waals surface area (Å²) in [5, 5.41) is 4.03. The number of benzene rings is 2. The second-order valence-electron chi connectivity index (χ2n) is 7.77. The Morgan fingerprint density at radius 2 is 1.66 bits per heavy atom. The maximum absolute atomic E-state index is 12.8. The number of hydrogen-bond acceptors (Lipinski definition) is 7. The summed E-state index contributed by atoms with van der Waals surface area (Å²) < 4.78 is 37.5. The van der Waals surface area contributed by atoms with Gasteiger partial charge in [-0.05, 0) is 24.3 Å². The first-order valence-electron chi connectivity index (χ1n) is 10.4. The fourth-order valence-corrected chi connectivity index (χ4v) is 5.20. The summed E-state index contributed by atoms with van der Waals surface area (Å²) in [5.41, 5.74) is 1.32. The van der Waals surface area contributed by atoms with Gasteiger partial charge in [0.2, 0.25) is 21.7 Å². The monoisotopic (exact) mass is 454 g/mol. The molecule has 5 rings (SSSR count). The second kappa shape index (κ2) is 8.45. The molecular weight excluding hydrogens is 432 g/mol. The van der Waals surface area contributed by atoms with Gasteiger partial charge < -0.3 is 14.2 Å². The Labute approximate surface area is 185 Å². The maximum Gasteiger partial charge on any atom is 0.253 e. The van der Waals surface area contributed by atoms with Crippen molar-refractivity contribution >= 4 is 15.9 Å². The van der Waals surface area contributed by atoms with Crippen LogP contribution in [0.5, 0.6) is 0 Å². The Hall–Kier alpha value is -3.08. The summed E-state index contributed by atoms with van der Waals surface area (Å²) in [6.45, 7) is 2.39. The molecule has 0 saturated carbocycles. The second-order valence-corrected chi connectivity index (χ2v) is 9.71. The SMILES string of the molecule is O=C(c1ccc(S(=O)(=O)N2CCOCC2)cc1)N1CC(c2nc(-c3ccccc3)no2)C1. The van der Waals surface area contributed by atoms with E-state index in [1.54, 1.807) is 17.0 Å². The minimum atomic E-state index is -3.58. The van der Waals surface area contributed by atoms with Crippen molar-refractivity contribution in [2.75, 3.05) is 39.4 Å². The number of carbonyl (C=O) groups is 1. The summed E-state index contributed by atoms with van der Waals surface area (Å²) in [4.78, 5) is 19.1. The zero-order chi connectivity index (χ0) is 22.1. The minimum absolute atomic E-state index is 0.00937. The van der Waals surface area contributed by atoms with Crippen LogP contribution in [-0.2, 0) is 14.8 Å². The number of aromatic nitrogens is 2. The summed E-state index contributed by atoms with van der Waals surface area (Å²) in [7, 11) is -3.58. The molecule has 0 radical (unpaired) electrons. The largest absolute Gasteiger partial charge is 0.379 e. The smallest absolute Gasteiger partial charge is 0.253 e. The molecule has 0 unspecified atom stereocenters. The predicted octanol–water partition coefficient (Wildman–Crippen LogP) is 2.00. The standard InChI is InChI=1S/C22H22N4O5S/c27-22(17-6-8-19(9-7-17)32(28,29)26-10-12-30-13-11-26)25-14-18(15-25)21-23-20(24-31-21)16-4-2-1-3-5-16/h1-9,18H,10-15H2. The fraction of sp³-hybridized carbons (Fsp3) is 0.318. The Bertz CT molecular complexity index is 1200. The molecule has 3 heterocycles. The van der Waals surface area contributed by atoms with Gasteiger partial charge in [-0.25, -0.2) is 8.42 Å². The number of ether oxygens (including phenoxy) is 1. The lowest BCUT2D eigenvalue weighted by Gasteiger charge is -2.37. The van der Waals surface area contributed by atoms with Crippen molar-refractivity contribution in [3.05, 3.63) is 66.1 Å². The average molecular weight is 455 g/mol. The van der Waals surface area contributed by atoms with Gasteiger partial charge in [-0.3, -0.25) is 4.79 Å². The minimum Gasteiger partial charge on any atom is -0.379 e. The van der Waals surface area contributed by atoms with E-state index < -0.39 is 10.0 Å². The molecule has 9 nitrogen and oxygen atoms in total. The van der Waals surface area contributed by atoms with E-state index in [9.17, 15) is 13.2 Å². The molecule has 0 aliphatic carbocycles. The first kappa shape index (κ1) is 20.8. The number of nitrogens with zero attached hydrogens (tertiary/aromatic N) is 4. The lowest BCUT2D eigenvalue weighted by molar-refractivity contribution is 0.0569. The van der Waals surface area contributed by atoms with E-state index in [1.165, 1.54) is 16.4 Å². The van der Waals surface area contributed by atoms with Gasteiger partial charge in [-0.2, -0.15) is 9.29 Å². The highest BCUT2D eigenvalue weighted by molar-refractivity contribution is 7.89. The van der Waals surface area contributed by atoms with Crippen LogP contribution in [0.3, 0.4) is 0 Å². The van der Waals surface area contributed by atoms with Crippen molar-refractivity contribution in [1.82, 2.24) is 19.3 Å². The van der Waals surface area contributed by atoms with Crippen molar-refractivity contribution in [1.29, 1.82) is 0 Å². The molecule has 0 N–H and O–H groups in total. The molecule has 1 amide bonds. The third-order valence-electron chi connectivity index (χ3n) is 5.70. The Morgan fingerprint density at radius 1 is 0.969 bits per heavy atom. The number of amides is 1. The van der Waals surface area contributed by atoms with Crippen LogP contribution in [0.4, 0.5) is 0 Å². The third kappa shape index (κ3) is 3.92. The summed E-state index contributed by atoms with van der Waals surface area (Å²) in [6, 6.07) is 15.7. The topological polar surface area (TPSA) is 106 Å². The summed E-state index contributed by atoms with van der Waals surface area (Å²) >= 11 is 0. The quantitative estimate of drug-likeness (QED) is 0.580. The van der Waals surface area contributed by atoms with Gasteiger partial charge in [0.1, 0.15) is 0 Å². The molecule has 2 aliphatic rings. The van der Waals surface area contributed by atoms with Crippen LogP contribution in [0.15, 0.2) is 64.0 Å².